The second-order valence-electron chi connectivity index (χ2n) is 5.30. The molecule has 1 heterocycles. The van der Waals surface area contributed by atoms with Crippen LogP contribution in [0.2, 0.25) is 0 Å². The fraction of sp³-hybridized carbons (Fsp3) is 0.400. The number of carbonyl (C=O) groups is 1. The maximum absolute atomic E-state index is 12.0. The summed E-state index contributed by atoms with van der Waals surface area (Å²) in [6.07, 6.45) is 2.44. The Morgan fingerprint density at radius 1 is 1.48 bits per heavy atom. The SMILES string of the molecule is CCC(C)C(N)C(=O)Nc1ncn(Cc2cccc(Br)c2)n1.Cl. The molecule has 8 heteroatoms. The summed E-state index contributed by atoms with van der Waals surface area (Å²) in [5.74, 6) is 0.136. The number of carbonyl (C=O) groups excluding carboxylic acids is 1. The molecule has 0 bridgehead atoms. The van der Waals surface area contributed by atoms with Gasteiger partial charge in [-0.05, 0) is 23.6 Å². The molecule has 1 aromatic carbocycles. The molecule has 126 valence electrons. The van der Waals surface area contributed by atoms with Gasteiger partial charge in [0, 0.05) is 4.47 Å². The van der Waals surface area contributed by atoms with E-state index in [4.69, 9.17) is 5.73 Å². The van der Waals surface area contributed by atoms with Crippen LogP contribution in [0, 0.1) is 5.92 Å². The van der Waals surface area contributed by atoms with E-state index >= 15 is 0 Å². The fourth-order valence-electron chi connectivity index (χ4n) is 1.96. The van der Waals surface area contributed by atoms with E-state index in [1.807, 2.05) is 38.1 Å². The maximum atomic E-state index is 12.0. The van der Waals surface area contributed by atoms with Crippen molar-refractivity contribution in [3.8, 4) is 0 Å². The molecular weight excluding hydrogens is 382 g/mol. The van der Waals surface area contributed by atoms with Gasteiger partial charge in [0.2, 0.25) is 11.9 Å². The molecular formula is C15H21BrClN5O. The van der Waals surface area contributed by atoms with Crippen molar-refractivity contribution in [1.29, 1.82) is 0 Å². The summed E-state index contributed by atoms with van der Waals surface area (Å²) in [5.41, 5.74) is 6.98. The Morgan fingerprint density at radius 3 is 2.87 bits per heavy atom. The van der Waals surface area contributed by atoms with Crippen LogP contribution in [0.1, 0.15) is 25.8 Å². The predicted molar refractivity (Wildman–Crippen MR) is 96.6 cm³/mol. The zero-order valence-corrected chi connectivity index (χ0v) is 15.5. The van der Waals surface area contributed by atoms with Crippen molar-refractivity contribution in [2.45, 2.75) is 32.9 Å². The normalized spacial score (nSPS) is 13.0. The average molecular weight is 403 g/mol. The van der Waals surface area contributed by atoms with E-state index in [0.717, 1.165) is 16.5 Å². The molecule has 0 aliphatic rings. The molecule has 2 unspecified atom stereocenters. The summed E-state index contributed by atoms with van der Waals surface area (Å²) in [6, 6.07) is 7.39. The van der Waals surface area contributed by atoms with Crippen LogP contribution in [0.5, 0.6) is 0 Å². The number of amides is 1. The summed E-state index contributed by atoms with van der Waals surface area (Å²) < 4.78 is 2.68. The number of rotatable bonds is 6. The quantitative estimate of drug-likeness (QED) is 0.778. The topological polar surface area (TPSA) is 85.8 Å². The number of aromatic nitrogens is 3. The van der Waals surface area contributed by atoms with Crippen LogP contribution in [-0.2, 0) is 11.3 Å². The van der Waals surface area contributed by atoms with Gasteiger partial charge in [-0.25, -0.2) is 9.67 Å². The van der Waals surface area contributed by atoms with Gasteiger partial charge < -0.3 is 5.73 Å². The second kappa shape index (κ2) is 9.00. The largest absolute Gasteiger partial charge is 0.320 e. The van der Waals surface area contributed by atoms with Gasteiger partial charge in [0.05, 0.1) is 12.6 Å². The van der Waals surface area contributed by atoms with Crippen LogP contribution < -0.4 is 11.1 Å². The molecule has 1 aromatic heterocycles. The zero-order valence-electron chi connectivity index (χ0n) is 13.1. The van der Waals surface area contributed by atoms with Crippen molar-refractivity contribution in [2.75, 3.05) is 5.32 Å². The Morgan fingerprint density at radius 2 is 2.22 bits per heavy atom. The number of halogens is 2. The Hall–Kier alpha value is -1.44. The van der Waals surface area contributed by atoms with Crippen LogP contribution >= 0.6 is 28.3 Å². The number of nitrogens with zero attached hydrogens (tertiary/aromatic N) is 3. The minimum Gasteiger partial charge on any atom is -0.320 e. The standard InChI is InChI=1S/C15H20BrN5O.ClH/c1-3-10(2)13(17)14(22)19-15-18-9-21(20-15)8-11-5-4-6-12(16)7-11;/h4-7,9-10,13H,3,8,17H2,1-2H3,(H,19,20,22);1H. The highest BCUT2D eigenvalue weighted by Gasteiger charge is 2.20. The molecule has 0 aliphatic heterocycles. The van der Waals surface area contributed by atoms with Gasteiger partial charge >= 0.3 is 0 Å². The minimum atomic E-state index is -0.554. The highest BCUT2D eigenvalue weighted by molar-refractivity contribution is 9.10. The summed E-state index contributed by atoms with van der Waals surface area (Å²) in [7, 11) is 0. The van der Waals surface area contributed by atoms with Crippen molar-refractivity contribution in [3.05, 3.63) is 40.6 Å². The lowest BCUT2D eigenvalue weighted by Gasteiger charge is -2.16. The number of nitrogens with one attached hydrogen (secondary N) is 1. The lowest BCUT2D eigenvalue weighted by molar-refractivity contribution is -0.118. The van der Waals surface area contributed by atoms with Gasteiger partial charge in [0.25, 0.3) is 0 Å². The van der Waals surface area contributed by atoms with Crippen LogP contribution in [-0.4, -0.2) is 26.7 Å². The smallest absolute Gasteiger partial charge is 0.248 e. The Labute approximate surface area is 150 Å². The monoisotopic (exact) mass is 401 g/mol. The van der Waals surface area contributed by atoms with Crippen LogP contribution in [0.3, 0.4) is 0 Å². The summed E-state index contributed by atoms with van der Waals surface area (Å²) in [4.78, 5) is 16.1. The molecule has 6 nitrogen and oxygen atoms in total. The number of anilines is 1. The van der Waals surface area contributed by atoms with E-state index in [9.17, 15) is 4.79 Å². The van der Waals surface area contributed by atoms with E-state index in [1.54, 1.807) is 11.0 Å². The fourth-order valence-corrected chi connectivity index (χ4v) is 2.40. The molecule has 0 spiro atoms. The number of hydrogen-bond donors (Lipinski definition) is 2. The Balaban J connectivity index is 0.00000264. The molecule has 0 saturated heterocycles. The van der Waals surface area contributed by atoms with Crippen molar-refractivity contribution in [2.24, 2.45) is 11.7 Å². The number of nitrogens with two attached hydrogens (primary N) is 1. The predicted octanol–water partition coefficient (Wildman–Crippen LogP) is 2.82. The second-order valence-corrected chi connectivity index (χ2v) is 6.21. The van der Waals surface area contributed by atoms with Gasteiger partial charge in [-0.3, -0.25) is 10.1 Å². The van der Waals surface area contributed by atoms with E-state index in [1.165, 1.54) is 0 Å². The molecule has 2 rings (SSSR count). The highest BCUT2D eigenvalue weighted by atomic mass is 79.9. The molecule has 2 aromatic rings. The Kier molecular flexibility index (Phi) is 7.67. The maximum Gasteiger partial charge on any atom is 0.248 e. The first-order chi connectivity index (χ1) is 10.5. The van der Waals surface area contributed by atoms with Gasteiger partial charge in [0.15, 0.2) is 0 Å². The van der Waals surface area contributed by atoms with E-state index in [2.05, 4.69) is 31.3 Å². The number of hydrogen-bond acceptors (Lipinski definition) is 4. The van der Waals surface area contributed by atoms with Gasteiger partial charge in [-0.15, -0.1) is 17.5 Å². The first-order valence-corrected chi connectivity index (χ1v) is 7.99. The first kappa shape index (κ1) is 19.6. The molecule has 0 aliphatic carbocycles. The summed E-state index contributed by atoms with van der Waals surface area (Å²) in [6.45, 7) is 4.53. The third-order valence-corrected chi connectivity index (χ3v) is 4.06. The molecule has 23 heavy (non-hydrogen) atoms. The molecule has 0 fully saturated rings. The zero-order chi connectivity index (χ0) is 16.1. The lowest BCUT2D eigenvalue weighted by Crippen LogP contribution is -2.40. The van der Waals surface area contributed by atoms with Crippen LogP contribution in [0.15, 0.2) is 35.1 Å². The average Bonchev–Trinajstić information content (AvgIpc) is 2.92. The van der Waals surface area contributed by atoms with E-state index in [-0.39, 0.29) is 30.2 Å². The third kappa shape index (κ3) is 5.60. The highest BCUT2D eigenvalue weighted by Crippen LogP contribution is 2.13. The van der Waals surface area contributed by atoms with Crippen LogP contribution in [0.4, 0.5) is 5.95 Å². The third-order valence-electron chi connectivity index (χ3n) is 3.56. The van der Waals surface area contributed by atoms with Crippen molar-refractivity contribution in [1.82, 2.24) is 14.8 Å². The molecule has 3 N–H and O–H groups in total. The van der Waals surface area contributed by atoms with E-state index in [0.29, 0.717) is 6.54 Å². The minimum absolute atomic E-state index is 0. The van der Waals surface area contributed by atoms with Gasteiger partial charge in [-0.1, -0.05) is 48.3 Å². The molecule has 2 atom stereocenters. The van der Waals surface area contributed by atoms with Crippen molar-refractivity contribution >= 4 is 40.2 Å². The van der Waals surface area contributed by atoms with E-state index < -0.39 is 6.04 Å². The van der Waals surface area contributed by atoms with Crippen molar-refractivity contribution < 1.29 is 4.79 Å². The number of benzene rings is 1. The van der Waals surface area contributed by atoms with Crippen molar-refractivity contribution in [3.63, 3.8) is 0 Å². The van der Waals surface area contributed by atoms with Crippen LogP contribution in [0.25, 0.3) is 0 Å². The van der Waals surface area contributed by atoms with Gasteiger partial charge in [0.1, 0.15) is 6.33 Å². The lowest BCUT2D eigenvalue weighted by atomic mass is 10.00. The molecule has 1 amide bonds. The molecule has 0 radical (unpaired) electrons. The first-order valence-electron chi connectivity index (χ1n) is 7.20. The van der Waals surface area contributed by atoms with Gasteiger partial charge in [-0.2, -0.15) is 0 Å². The Bertz CT molecular complexity index is 648. The summed E-state index contributed by atoms with van der Waals surface area (Å²) >= 11 is 3.43. The molecule has 0 saturated carbocycles. The summed E-state index contributed by atoms with van der Waals surface area (Å²) in [5, 5.41) is 6.90.